The molecule has 114 valence electrons. The van der Waals surface area contributed by atoms with Crippen LogP contribution in [-0.4, -0.2) is 47.7 Å². The number of nitrogen functional groups attached to an aromatic ring is 1. The molecule has 1 aliphatic heterocycles. The predicted octanol–water partition coefficient (Wildman–Crippen LogP) is 1.14. The number of hydrogen-bond acceptors (Lipinski definition) is 4. The number of benzene rings is 1. The zero-order valence-corrected chi connectivity index (χ0v) is 12.2. The third kappa shape index (κ3) is 3.00. The molecule has 21 heavy (non-hydrogen) atoms. The monoisotopic (exact) mass is 292 g/mol. The lowest BCUT2D eigenvalue weighted by Crippen LogP contribution is -2.46. The molecule has 1 aromatic rings. The van der Waals surface area contributed by atoms with Crippen LogP contribution in [0, 0.1) is 12.8 Å². The van der Waals surface area contributed by atoms with E-state index in [0.29, 0.717) is 17.8 Å². The van der Waals surface area contributed by atoms with Crippen molar-refractivity contribution in [3.8, 4) is 0 Å². The lowest BCUT2D eigenvalue weighted by Gasteiger charge is -2.29. The number of amides is 1. The second kappa shape index (κ2) is 6.13. The first-order valence-electron chi connectivity index (χ1n) is 6.93. The number of rotatable bonds is 4. The Morgan fingerprint density at radius 1 is 1.43 bits per heavy atom. The fourth-order valence-electron chi connectivity index (χ4n) is 2.59. The van der Waals surface area contributed by atoms with E-state index in [9.17, 15) is 14.7 Å². The summed E-state index contributed by atoms with van der Waals surface area (Å²) in [6.07, 6.45) is 0. The second-order valence-corrected chi connectivity index (χ2v) is 5.21. The molecule has 1 amide bonds. The largest absolute Gasteiger partial charge is 0.481 e. The van der Waals surface area contributed by atoms with Gasteiger partial charge in [0.1, 0.15) is 5.92 Å². The highest BCUT2D eigenvalue weighted by Crippen LogP contribution is 2.23. The molecule has 6 heteroatoms. The van der Waals surface area contributed by atoms with Crippen LogP contribution in [0.1, 0.15) is 22.8 Å². The molecule has 1 heterocycles. The summed E-state index contributed by atoms with van der Waals surface area (Å²) in [7, 11) is 0. The van der Waals surface area contributed by atoms with Crippen LogP contribution >= 0.6 is 0 Å². The number of carboxylic acids is 1. The molecule has 1 aliphatic rings. The summed E-state index contributed by atoms with van der Waals surface area (Å²) in [5, 5.41) is 9.23. The summed E-state index contributed by atoms with van der Waals surface area (Å²) in [6.45, 7) is 4.50. The molecule has 0 aromatic heterocycles. The maximum Gasteiger partial charge on any atom is 0.311 e. The normalized spacial score (nSPS) is 21.2. The lowest BCUT2D eigenvalue weighted by atomic mass is 10.0. The topological polar surface area (TPSA) is 92.9 Å². The maximum absolute atomic E-state index is 12.6. The van der Waals surface area contributed by atoms with Gasteiger partial charge in [0.15, 0.2) is 0 Å². The van der Waals surface area contributed by atoms with Crippen LogP contribution in [0.5, 0.6) is 0 Å². The molecule has 2 atom stereocenters. The summed E-state index contributed by atoms with van der Waals surface area (Å²) in [5.41, 5.74) is 7.73. The molecule has 3 N–H and O–H groups in total. The Morgan fingerprint density at radius 2 is 2.14 bits per heavy atom. The van der Waals surface area contributed by atoms with Crippen LogP contribution in [0.15, 0.2) is 18.2 Å². The smallest absolute Gasteiger partial charge is 0.311 e. The third-order valence-corrected chi connectivity index (χ3v) is 3.89. The van der Waals surface area contributed by atoms with Gasteiger partial charge >= 0.3 is 5.97 Å². The highest BCUT2D eigenvalue weighted by Gasteiger charge is 2.39. The number of nitrogens with two attached hydrogens (primary N) is 1. The first-order valence-corrected chi connectivity index (χ1v) is 6.93. The standard InChI is InChI=1S/C15H20N2O4/c1-3-17(13-8-21-7-11(13)15(19)20)14(18)10-4-5-12(16)9(2)6-10/h4-6,11,13H,3,7-8,16H2,1-2H3,(H,19,20). The fourth-order valence-corrected chi connectivity index (χ4v) is 2.59. The van der Waals surface area contributed by atoms with Crippen molar-refractivity contribution in [3.05, 3.63) is 29.3 Å². The molecule has 2 rings (SSSR count). The van der Waals surface area contributed by atoms with Crippen LogP contribution in [0.25, 0.3) is 0 Å². The van der Waals surface area contributed by atoms with Crippen molar-refractivity contribution in [1.82, 2.24) is 4.90 Å². The zero-order valence-electron chi connectivity index (χ0n) is 12.2. The summed E-state index contributed by atoms with van der Waals surface area (Å²) >= 11 is 0. The first kappa shape index (κ1) is 15.3. The summed E-state index contributed by atoms with van der Waals surface area (Å²) in [5.74, 6) is -1.80. The maximum atomic E-state index is 12.6. The summed E-state index contributed by atoms with van der Waals surface area (Å²) < 4.78 is 5.25. The van der Waals surface area contributed by atoms with E-state index >= 15 is 0 Å². The Hall–Kier alpha value is -2.08. The molecule has 0 spiro atoms. The van der Waals surface area contributed by atoms with E-state index in [2.05, 4.69) is 0 Å². The average Bonchev–Trinajstić information content (AvgIpc) is 2.92. The Morgan fingerprint density at radius 3 is 2.71 bits per heavy atom. The molecular formula is C15H20N2O4. The SMILES string of the molecule is CCN(C(=O)c1ccc(N)c(C)c1)C1COCC1C(=O)O. The van der Waals surface area contributed by atoms with Gasteiger partial charge in [-0.2, -0.15) is 0 Å². The van der Waals surface area contributed by atoms with Crippen LogP contribution in [-0.2, 0) is 9.53 Å². The quantitative estimate of drug-likeness (QED) is 0.812. The number of carbonyl (C=O) groups excluding carboxylic acids is 1. The van der Waals surface area contributed by atoms with Gasteiger partial charge < -0.3 is 20.5 Å². The van der Waals surface area contributed by atoms with Crippen molar-refractivity contribution >= 4 is 17.6 Å². The van der Waals surface area contributed by atoms with Gasteiger partial charge in [-0.25, -0.2) is 0 Å². The Balaban J connectivity index is 2.26. The van der Waals surface area contributed by atoms with Crippen molar-refractivity contribution in [2.75, 3.05) is 25.5 Å². The number of carboxylic acid groups (broad SMARTS) is 1. The minimum atomic E-state index is -0.933. The predicted molar refractivity (Wildman–Crippen MR) is 78.0 cm³/mol. The molecule has 0 saturated carbocycles. The molecule has 1 fully saturated rings. The number of aryl methyl sites for hydroxylation is 1. The number of hydrogen-bond donors (Lipinski definition) is 2. The van der Waals surface area contributed by atoms with E-state index in [0.717, 1.165) is 5.56 Å². The third-order valence-electron chi connectivity index (χ3n) is 3.89. The van der Waals surface area contributed by atoms with Crippen molar-refractivity contribution in [2.45, 2.75) is 19.9 Å². The summed E-state index contributed by atoms with van der Waals surface area (Å²) in [4.78, 5) is 25.5. The van der Waals surface area contributed by atoms with E-state index in [1.54, 1.807) is 23.1 Å². The van der Waals surface area contributed by atoms with Gasteiger partial charge in [0.25, 0.3) is 5.91 Å². The van der Waals surface area contributed by atoms with E-state index < -0.39 is 17.9 Å². The second-order valence-electron chi connectivity index (χ2n) is 5.21. The lowest BCUT2D eigenvalue weighted by molar-refractivity contribution is -0.142. The van der Waals surface area contributed by atoms with Crippen molar-refractivity contribution in [3.63, 3.8) is 0 Å². The van der Waals surface area contributed by atoms with Gasteiger partial charge in [-0.05, 0) is 37.6 Å². The van der Waals surface area contributed by atoms with Crippen LogP contribution in [0.3, 0.4) is 0 Å². The minimum Gasteiger partial charge on any atom is -0.481 e. The fraction of sp³-hybridized carbons (Fsp3) is 0.467. The van der Waals surface area contributed by atoms with Gasteiger partial charge in [0.2, 0.25) is 0 Å². The number of ether oxygens (including phenoxy) is 1. The Bertz CT molecular complexity index is 559. The molecule has 0 radical (unpaired) electrons. The van der Waals surface area contributed by atoms with E-state index in [1.807, 2.05) is 13.8 Å². The van der Waals surface area contributed by atoms with Gasteiger partial charge in [0.05, 0.1) is 19.3 Å². The van der Waals surface area contributed by atoms with E-state index in [1.165, 1.54) is 0 Å². The van der Waals surface area contributed by atoms with Crippen molar-refractivity contribution in [1.29, 1.82) is 0 Å². The molecular weight excluding hydrogens is 272 g/mol. The van der Waals surface area contributed by atoms with Crippen LogP contribution < -0.4 is 5.73 Å². The van der Waals surface area contributed by atoms with E-state index in [4.69, 9.17) is 10.5 Å². The van der Waals surface area contributed by atoms with Gasteiger partial charge in [0, 0.05) is 17.8 Å². The van der Waals surface area contributed by atoms with Crippen LogP contribution in [0.4, 0.5) is 5.69 Å². The number of nitrogens with zero attached hydrogens (tertiary/aromatic N) is 1. The van der Waals surface area contributed by atoms with E-state index in [-0.39, 0.29) is 19.1 Å². The van der Waals surface area contributed by atoms with Crippen LogP contribution in [0.2, 0.25) is 0 Å². The molecule has 1 saturated heterocycles. The highest BCUT2D eigenvalue weighted by atomic mass is 16.5. The average molecular weight is 292 g/mol. The minimum absolute atomic E-state index is 0.143. The first-order chi connectivity index (χ1) is 9.95. The Kier molecular flexibility index (Phi) is 4.47. The molecule has 6 nitrogen and oxygen atoms in total. The zero-order chi connectivity index (χ0) is 15.6. The Labute approximate surface area is 123 Å². The number of anilines is 1. The number of likely N-dealkylation sites (N-methyl/N-ethyl adjacent to an activating group) is 1. The number of aliphatic carboxylic acids is 1. The molecule has 0 aliphatic carbocycles. The molecule has 2 unspecified atom stereocenters. The highest BCUT2D eigenvalue weighted by molar-refractivity contribution is 5.95. The van der Waals surface area contributed by atoms with Gasteiger partial charge in [-0.3, -0.25) is 9.59 Å². The summed E-state index contributed by atoms with van der Waals surface area (Å²) in [6, 6.07) is 4.65. The van der Waals surface area contributed by atoms with Crippen molar-refractivity contribution < 1.29 is 19.4 Å². The van der Waals surface area contributed by atoms with Gasteiger partial charge in [-0.15, -0.1) is 0 Å². The van der Waals surface area contributed by atoms with Gasteiger partial charge in [-0.1, -0.05) is 0 Å². The number of carbonyl (C=O) groups is 2. The van der Waals surface area contributed by atoms with Crippen molar-refractivity contribution in [2.24, 2.45) is 5.92 Å². The molecule has 0 bridgehead atoms. The molecule has 1 aromatic carbocycles.